The Morgan fingerprint density at radius 1 is 1.00 bits per heavy atom. The van der Waals surface area contributed by atoms with Gasteiger partial charge >= 0.3 is 0 Å². The van der Waals surface area contributed by atoms with Gasteiger partial charge in [-0.2, -0.15) is 0 Å². The zero-order chi connectivity index (χ0) is 18.9. The summed E-state index contributed by atoms with van der Waals surface area (Å²) in [6.45, 7) is 5.32. The second kappa shape index (κ2) is 10.1. The number of hydrogen-bond acceptors (Lipinski definition) is 4. The van der Waals surface area contributed by atoms with Crippen molar-refractivity contribution in [2.45, 2.75) is 26.8 Å². The molecule has 140 valence electrons. The zero-order valence-electron chi connectivity index (χ0n) is 15.3. The molecule has 0 atom stereocenters. The Balaban J connectivity index is 2.07. The molecule has 0 aromatic heterocycles. The van der Waals surface area contributed by atoms with Crippen molar-refractivity contribution in [1.29, 1.82) is 0 Å². The number of hydrogen-bond donors (Lipinski definition) is 1. The SMILES string of the molecule is CCOc1cc(Br)c(CC(=O)NCc2ccccc2OC)cc1OCC. The monoisotopic (exact) mass is 421 g/mol. The third-order valence-corrected chi connectivity index (χ3v) is 4.47. The van der Waals surface area contributed by atoms with Crippen molar-refractivity contribution in [3.63, 3.8) is 0 Å². The van der Waals surface area contributed by atoms with Crippen molar-refractivity contribution in [3.8, 4) is 17.2 Å². The summed E-state index contributed by atoms with van der Waals surface area (Å²) in [5, 5.41) is 2.93. The van der Waals surface area contributed by atoms with Gasteiger partial charge in [-0.1, -0.05) is 34.1 Å². The largest absolute Gasteiger partial charge is 0.496 e. The van der Waals surface area contributed by atoms with Crippen LogP contribution < -0.4 is 19.5 Å². The van der Waals surface area contributed by atoms with Crippen LogP contribution in [0.2, 0.25) is 0 Å². The van der Waals surface area contributed by atoms with E-state index in [1.54, 1.807) is 7.11 Å². The quantitative estimate of drug-likeness (QED) is 0.661. The Kier molecular flexibility index (Phi) is 7.78. The maximum Gasteiger partial charge on any atom is 0.224 e. The van der Waals surface area contributed by atoms with Crippen LogP contribution in [0, 0.1) is 0 Å². The standard InChI is InChI=1S/C20H24BrNO4/c1-4-25-18-10-15(16(21)12-19(18)26-5-2)11-20(23)22-13-14-8-6-7-9-17(14)24-3/h6-10,12H,4-5,11,13H2,1-3H3,(H,22,23). The van der Waals surface area contributed by atoms with Gasteiger partial charge in [0, 0.05) is 16.6 Å². The van der Waals surface area contributed by atoms with Gasteiger partial charge in [-0.05, 0) is 37.6 Å². The van der Waals surface area contributed by atoms with Crippen molar-refractivity contribution in [1.82, 2.24) is 5.32 Å². The molecule has 2 aromatic rings. The van der Waals surface area contributed by atoms with Gasteiger partial charge in [0.1, 0.15) is 5.75 Å². The number of amides is 1. The zero-order valence-corrected chi connectivity index (χ0v) is 16.9. The van der Waals surface area contributed by atoms with E-state index in [-0.39, 0.29) is 12.3 Å². The Bertz CT molecular complexity index is 749. The Hall–Kier alpha value is -2.21. The number of nitrogens with one attached hydrogen (secondary N) is 1. The molecule has 0 spiro atoms. The molecule has 0 saturated heterocycles. The molecule has 26 heavy (non-hydrogen) atoms. The molecule has 0 aliphatic carbocycles. The minimum Gasteiger partial charge on any atom is -0.496 e. The summed E-state index contributed by atoms with van der Waals surface area (Å²) in [7, 11) is 1.62. The lowest BCUT2D eigenvalue weighted by Gasteiger charge is -2.14. The molecule has 0 unspecified atom stereocenters. The number of ether oxygens (including phenoxy) is 3. The van der Waals surface area contributed by atoms with E-state index in [1.165, 1.54) is 0 Å². The van der Waals surface area contributed by atoms with E-state index in [9.17, 15) is 4.79 Å². The van der Waals surface area contributed by atoms with Crippen LogP contribution in [-0.4, -0.2) is 26.2 Å². The van der Waals surface area contributed by atoms with Gasteiger partial charge in [-0.25, -0.2) is 0 Å². The molecule has 0 aliphatic heterocycles. The van der Waals surface area contributed by atoms with Gasteiger partial charge in [0.05, 0.1) is 26.7 Å². The van der Waals surface area contributed by atoms with E-state index < -0.39 is 0 Å². The molecule has 0 aliphatic rings. The lowest BCUT2D eigenvalue weighted by Crippen LogP contribution is -2.25. The second-order valence-corrected chi connectivity index (χ2v) is 6.38. The van der Waals surface area contributed by atoms with Gasteiger partial charge in [0.25, 0.3) is 0 Å². The number of carbonyl (C=O) groups excluding carboxylic acids is 1. The van der Waals surface area contributed by atoms with Crippen LogP contribution in [-0.2, 0) is 17.8 Å². The minimum absolute atomic E-state index is 0.0804. The normalized spacial score (nSPS) is 10.3. The third kappa shape index (κ3) is 5.39. The fraction of sp³-hybridized carbons (Fsp3) is 0.350. The molecule has 6 heteroatoms. The van der Waals surface area contributed by atoms with Crippen LogP contribution in [0.15, 0.2) is 40.9 Å². The van der Waals surface area contributed by atoms with E-state index in [0.717, 1.165) is 21.3 Å². The Morgan fingerprint density at radius 3 is 2.31 bits per heavy atom. The van der Waals surface area contributed by atoms with Gasteiger partial charge in [0.2, 0.25) is 5.91 Å². The molecule has 1 amide bonds. The van der Waals surface area contributed by atoms with Gasteiger partial charge in [0.15, 0.2) is 11.5 Å². The van der Waals surface area contributed by atoms with Crippen LogP contribution in [0.3, 0.4) is 0 Å². The van der Waals surface area contributed by atoms with E-state index in [2.05, 4.69) is 21.2 Å². The Labute approximate surface area is 162 Å². The predicted molar refractivity (Wildman–Crippen MR) is 105 cm³/mol. The molecule has 0 heterocycles. The summed E-state index contributed by atoms with van der Waals surface area (Å²) in [5.41, 5.74) is 1.78. The predicted octanol–water partition coefficient (Wildman–Crippen LogP) is 4.11. The maximum atomic E-state index is 12.4. The molecule has 0 radical (unpaired) electrons. The smallest absolute Gasteiger partial charge is 0.224 e. The summed E-state index contributed by atoms with van der Waals surface area (Å²) in [4.78, 5) is 12.4. The number of para-hydroxylation sites is 1. The molecule has 1 N–H and O–H groups in total. The topological polar surface area (TPSA) is 56.8 Å². The number of carbonyl (C=O) groups is 1. The average molecular weight is 422 g/mol. The van der Waals surface area contributed by atoms with E-state index >= 15 is 0 Å². The highest BCUT2D eigenvalue weighted by molar-refractivity contribution is 9.10. The first-order valence-corrected chi connectivity index (χ1v) is 9.34. The summed E-state index contributed by atoms with van der Waals surface area (Å²) in [6.07, 6.45) is 0.238. The van der Waals surface area contributed by atoms with Crippen molar-refractivity contribution in [3.05, 3.63) is 52.0 Å². The van der Waals surface area contributed by atoms with Gasteiger partial charge in [-0.15, -0.1) is 0 Å². The first-order chi connectivity index (χ1) is 12.6. The van der Waals surface area contributed by atoms with Gasteiger partial charge < -0.3 is 19.5 Å². The summed E-state index contributed by atoms with van der Waals surface area (Å²) >= 11 is 3.51. The highest BCUT2D eigenvalue weighted by atomic mass is 79.9. The number of rotatable bonds is 9. The molecule has 0 saturated carbocycles. The lowest BCUT2D eigenvalue weighted by molar-refractivity contribution is -0.120. The Morgan fingerprint density at radius 2 is 1.65 bits per heavy atom. The average Bonchev–Trinajstić information content (AvgIpc) is 2.64. The van der Waals surface area contributed by atoms with E-state index in [1.807, 2.05) is 50.2 Å². The van der Waals surface area contributed by atoms with Crippen LogP contribution in [0.4, 0.5) is 0 Å². The first kappa shape index (κ1) is 20.1. The van der Waals surface area contributed by atoms with E-state index in [0.29, 0.717) is 31.3 Å². The van der Waals surface area contributed by atoms with Crippen molar-refractivity contribution < 1.29 is 19.0 Å². The fourth-order valence-electron chi connectivity index (χ4n) is 2.53. The summed E-state index contributed by atoms with van der Waals surface area (Å²) in [5.74, 6) is 1.99. The lowest BCUT2D eigenvalue weighted by atomic mass is 10.1. The summed E-state index contributed by atoms with van der Waals surface area (Å²) in [6, 6.07) is 11.3. The van der Waals surface area contributed by atoms with E-state index in [4.69, 9.17) is 14.2 Å². The maximum absolute atomic E-state index is 12.4. The van der Waals surface area contributed by atoms with Crippen LogP contribution >= 0.6 is 15.9 Å². The summed E-state index contributed by atoms with van der Waals surface area (Å²) < 4.78 is 17.3. The minimum atomic E-state index is -0.0804. The molecule has 2 rings (SSSR count). The third-order valence-electron chi connectivity index (χ3n) is 3.73. The molecule has 0 fully saturated rings. The van der Waals surface area contributed by atoms with Gasteiger partial charge in [-0.3, -0.25) is 4.79 Å². The van der Waals surface area contributed by atoms with Crippen LogP contribution in [0.1, 0.15) is 25.0 Å². The van der Waals surface area contributed by atoms with Crippen molar-refractivity contribution in [2.75, 3.05) is 20.3 Å². The number of methoxy groups -OCH3 is 1. The molecular formula is C20H24BrNO4. The highest BCUT2D eigenvalue weighted by Crippen LogP contribution is 2.34. The highest BCUT2D eigenvalue weighted by Gasteiger charge is 2.14. The molecule has 0 bridgehead atoms. The molecular weight excluding hydrogens is 398 g/mol. The molecule has 5 nitrogen and oxygen atoms in total. The van der Waals surface area contributed by atoms with Crippen molar-refractivity contribution >= 4 is 21.8 Å². The molecule has 2 aromatic carbocycles. The van der Waals surface area contributed by atoms with Crippen LogP contribution in [0.25, 0.3) is 0 Å². The van der Waals surface area contributed by atoms with Crippen LogP contribution in [0.5, 0.6) is 17.2 Å². The second-order valence-electron chi connectivity index (χ2n) is 5.52. The first-order valence-electron chi connectivity index (χ1n) is 8.55. The number of halogens is 1. The fourth-order valence-corrected chi connectivity index (χ4v) is 2.99. The van der Waals surface area contributed by atoms with Crippen molar-refractivity contribution in [2.24, 2.45) is 0 Å². The number of benzene rings is 2.